The summed E-state index contributed by atoms with van der Waals surface area (Å²) in [6.45, 7) is -0.0631. The first-order valence-corrected chi connectivity index (χ1v) is 7.16. The van der Waals surface area contributed by atoms with E-state index in [0.717, 1.165) is 12.1 Å². The quantitative estimate of drug-likeness (QED) is 0.848. The summed E-state index contributed by atoms with van der Waals surface area (Å²) in [5.41, 5.74) is 6.06. The lowest BCUT2D eigenvalue weighted by atomic mass is 10.2. The molecular weight excluding hydrogens is 286 g/mol. The molecule has 0 atom stereocenters. The molecule has 0 fully saturated rings. The summed E-state index contributed by atoms with van der Waals surface area (Å²) in [6, 6.07) is 8.65. The van der Waals surface area contributed by atoms with Crippen molar-refractivity contribution in [3.8, 4) is 0 Å². The predicted octanol–water partition coefficient (Wildman–Crippen LogP) is 2.03. The molecule has 0 bridgehead atoms. The molecule has 7 heteroatoms. The molecule has 0 spiro atoms. The van der Waals surface area contributed by atoms with Gasteiger partial charge in [-0.3, -0.25) is 0 Å². The number of anilines is 1. The molecule has 106 valence electrons. The Labute approximate surface area is 115 Å². The topological polar surface area (TPSA) is 72.2 Å². The van der Waals surface area contributed by atoms with E-state index in [4.69, 9.17) is 5.73 Å². The van der Waals surface area contributed by atoms with Gasteiger partial charge in [-0.25, -0.2) is 21.9 Å². The molecule has 20 heavy (non-hydrogen) atoms. The van der Waals surface area contributed by atoms with Gasteiger partial charge >= 0.3 is 0 Å². The van der Waals surface area contributed by atoms with E-state index in [9.17, 15) is 17.2 Å². The van der Waals surface area contributed by atoms with Crippen LogP contribution in [0.3, 0.4) is 0 Å². The largest absolute Gasteiger partial charge is 0.399 e. The van der Waals surface area contributed by atoms with Crippen molar-refractivity contribution in [3.05, 3.63) is 59.7 Å². The van der Waals surface area contributed by atoms with Gasteiger partial charge in [-0.1, -0.05) is 12.1 Å². The van der Waals surface area contributed by atoms with Crippen molar-refractivity contribution >= 4 is 15.7 Å². The molecule has 2 aromatic carbocycles. The Balaban J connectivity index is 2.17. The van der Waals surface area contributed by atoms with Crippen LogP contribution in [-0.2, 0) is 16.6 Å². The van der Waals surface area contributed by atoms with Gasteiger partial charge in [0.25, 0.3) is 0 Å². The van der Waals surface area contributed by atoms with Gasteiger partial charge in [-0.05, 0) is 35.9 Å². The molecule has 4 nitrogen and oxygen atoms in total. The van der Waals surface area contributed by atoms with E-state index in [1.165, 1.54) is 30.3 Å². The molecule has 0 aromatic heterocycles. The number of sulfonamides is 1. The molecule has 0 unspecified atom stereocenters. The molecule has 3 N–H and O–H groups in total. The fraction of sp³-hybridized carbons (Fsp3) is 0.0769. The minimum atomic E-state index is -3.99. The van der Waals surface area contributed by atoms with Crippen LogP contribution in [0.5, 0.6) is 0 Å². The van der Waals surface area contributed by atoms with Gasteiger partial charge in [0.2, 0.25) is 10.0 Å². The molecule has 2 rings (SSSR count). The van der Waals surface area contributed by atoms with Crippen molar-refractivity contribution in [1.29, 1.82) is 0 Å². The first kappa shape index (κ1) is 14.4. The highest BCUT2D eigenvalue weighted by Gasteiger charge is 2.18. The Hall–Kier alpha value is -1.99. The summed E-state index contributed by atoms with van der Waals surface area (Å²) < 4.78 is 52.4. The van der Waals surface area contributed by atoms with Crippen molar-refractivity contribution in [3.63, 3.8) is 0 Å². The number of hydrogen-bond donors (Lipinski definition) is 2. The molecule has 0 saturated heterocycles. The van der Waals surface area contributed by atoms with Crippen molar-refractivity contribution in [2.75, 3.05) is 5.73 Å². The normalized spacial score (nSPS) is 11.5. The van der Waals surface area contributed by atoms with Crippen molar-refractivity contribution in [2.24, 2.45) is 0 Å². The lowest BCUT2D eigenvalue weighted by molar-refractivity contribution is 0.557. The second-order valence-electron chi connectivity index (χ2n) is 4.14. The molecule has 0 aliphatic carbocycles. The summed E-state index contributed by atoms with van der Waals surface area (Å²) in [5.74, 6) is -1.34. The van der Waals surface area contributed by atoms with Gasteiger partial charge < -0.3 is 5.73 Å². The van der Waals surface area contributed by atoms with Gasteiger partial charge in [0, 0.05) is 12.2 Å². The fourth-order valence-corrected chi connectivity index (χ4v) is 2.67. The standard InChI is InChI=1S/C13H12F2N2O2S/c14-10-3-1-9(2-4-10)8-17-20(18,19)13-6-5-11(16)7-12(13)15/h1-7,17H,8,16H2. The average molecular weight is 298 g/mol. The van der Waals surface area contributed by atoms with E-state index in [1.54, 1.807) is 0 Å². The lowest BCUT2D eigenvalue weighted by Gasteiger charge is -2.08. The van der Waals surface area contributed by atoms with Gasteiger partial charge in [-0.2, -0.15) is 0 Å². The maximum Gasteiger partial charge on any atom is 0.243 e. The smallest absolute Gasteiger partial charge is 0.243 e. The Morgan fingerprint density at radius 1 is 1.05 bits per heavy atom. The van der Waals surface area contributed by atoms with E-state index in [1.807, 2.05) is 0 Å². The number of rotatable bonds is 4. The van der Waals surface area contributed by atoms with E-state index < -0.39 is 26.6 Å². The zero-order chi connectivity index (χ0) is 14.8. The van der Waals surface area contributed by atoms with Crippen LogP contribution >= 0.6 is 0 Å². The third-order valence-electron chi connectivity index (χ3n) is 2.63. The SMILES string of the molecule is Nc1ccc(S(=O)(=O)NCc2ccc(F)cc2)c(F)c1. The molecule has 2 aromatic rings. The van der Waals surface area contributed by atoms with Crippen LogP contribution in [0, 0.1) is 11.6 Å². The fourth-order valence-electron chi connectivity index (χ4n) is 1.59. The van der Waals surface area contributed by atoms with Crippen LogP contribution < -0.4 is 10.5 Å². The molecule has 0 amide bonds. The minimum Gasteiger partial charge on any atom is -0.399 e. The Morgan fingerprint density at radius 3 is 2.30 bits per heavy atom. The van der Waals surface area contributed by atoms with Crippen LogP contribution in [0.4, 0.5) is 14.5 Å². The van der Waals surface area contributed by atoms with E-state index in [2.05, 4.69) is 4.72 Å². The van der Waals surface area contributed by atoms with Crippen LogP contribution in [-0.4, -0.2) is 8.42 Å². The third-order valence-corrected chi connectivity index (χ3v) is 4.06. The number of halogens is 2. The van der Waals surface area contributed by atoms with Crippen LogP contribution in [0.2, 0.25) is 0 Å². The Bertz CT molecular complexity index is 716. The predicted molar refractivity (Wildman–Crippen MR) is 71.2 cm³/mol. The molecule has 0 radical (unpaired) electrons. The number of hydrogen-bond acceptors (Lipinski definition) is 3. The minimum absolute atomic E-state index is 0.0631. The summed E-state index contributed by atoms with van der Waals surface area (Å²) in [4.78, 5) is -0.478. The Morgan fingerprint density at radius 2 is 1.70 bits per heavy atom. The zero-order valence-electron chi connectivity index (χ0n) is 10.3. The second kappa shape index (κ2) is 5.56. The average Bonchev–Trinajstić information content (AvgIpc) is 2.37. The van der Waals surface area contributed by atoms with Gasteiger partial charge in [0.05, 0.1) is 0 Å². The van der Waals surface area contributed by atoms with Crippen molar-refractivity contribution in [1.82, 2.24) is 4.72 Å². The molecular formula is C13H12F2N2O2S. The van der Waals surface area contributed by atoms with E-state index in [-0.39, 0.29) is 12.2 Å². The molecule has 0 saturated carbocycles. The van der Waals surface area contributed by atoms with Gasteiger partial charge in [0.15, 0.2) is 0 Å². The first-order valence-electron chi connectivity index (χ1n) is 5.67. The molecule has 0 heterocycles. The first-order chi connectivity index (χ1) is 9.38. The van der Waals surface area contributed by atoms with E-state index in [0.29, 0.717) is 5.56 Å². The summed E-state index contributed by atoms with van der Waals surface area (Å²) in [5, 5.41) is 0. The highest BCUT2D eigenvalue weighted by atomic mass is 32.2. The monoisotopic (exact) mass is 298 g/mol. The van der Waals surface area contributed by atoms with Gasteiger partial charge in [-0.15, -0.1) is 0 Å². The summed E-state index contributed by atoms with van der Waals surface area (Å²) >= 11 is 0. The van der Waals surface area contributed by atoms with Crippen LogP contribution in [0.25, 0.3) is 0 Å². The van der Waals surface area contributed by atoms with Crippen LogP contribution in [0.1, 0.15) is 5.56 Å². The molecule has 0 aliphatic rings. The maximum atomic E-state index is 13.6. The Kier molecular flexibility index (Phi) is 4.01. The van der Waals surface area contributed by atoms with Crippen molar-refractivity contribution in [2.45, 2.75) is 11.4 Å². The highest BCUT2D eigenvalue weighted by molar-refractivity contribution is 7.89. The third kappa shape index (κ3) is 3.31. The second-order valence-corrected chi connectivity index (χ2v) is 5.88. The van der Waals surface area contributed by atoms with E-state index >= 15 is 0 Å². The summed E-state index contributed by atoms with van der Waals surface area (Å²) in [7, 11) is -3.99. The maximum absolute atomic E-state index is 13.6. The number of benzene rings is 2. The number of nitrogens with one attached hydrogen (secondary N) is 1. The summed E-state index contributed by atoms with van der Waals surface area (Å²) in [6.07, 6.45) is 0. The number of nitrogens with two attached hydrogens (primary N) is 1. The van der Waals surface area contributed by atoms with Gasteiger partial charge in [0.1, 0.15) is 16.5 Å². The lowest BCUT2D eigenvalue weighted by Crippen LogP contribution is -2.24. The van der Waals surface area contributed by atoms with Crippen molar-refractivity contribution < 1.29 is 17.2 Å². The van der Waals surface area contributed by atoms with Crippen LogP contribution in [0.15, 0.2) is 47.4 Å². The highest BCUT2D eigenvalue weighted by Crippen LogP contribution is 2.17. The number of nitrogen functional groups attached to an aromatic ring is 1. The zero-order valence-corrected chi connectivity index (χ0v) is 11.1. The molecule has 0 aliphatic heterocycles.